The first-order chi connectivity index (χ1) is 33.0. The number of rotatable bonds is 55. The molecule has 0 fully saturated rings. The van der Waals surface area contributed by atoms with Crippen LogP contribution in [0.2, 0.25) is 0 Å². The van der Waals surface area contributed by atoms with Crippen LogP contribution in [0.25, 0.3) is 0 Å². The van der Waals surface area contributed by atoms with Gasteiger partial charge in [0, 0.05) is 12.8 Å². The molecule has 0 radical (unpaired) electrons. The summed E-state index contributed by atoms with van der Waals surface area (Å²) in [5.74, 6) is -0.0773. The van der Waals surface area contributed by atoms with Gasteiger partial charge in [0.05, 0.1) is 25.4 Å². The number of ether oxygens (including phenoxy) is 1. The predicted octanol–water partition coefficient (Wildman–Crippen LogP) is 18.4. The minimum absolute atomic E-state index is 0.00269. The Hall–Kier alpha value is -1.92. The van der Waals surface area contributed by atoms with Gasteiger partial charge in [-0.1, -0.05) is 256 Å². The van der Waals surface area contributed by atoms with E-state index in [2.05, 4.69) is 43.5 Å². The molecule has 0 aliphatic heterocycles. The van der Waals surface area contributed by atoms with Gasteiger partial charge in [-0.15, -0.1) is 0 Å². The third-order valence-corrected chi connectivity index (χ3v) is 13.6. The second kappa shape index (κ2) is 56.7. The minimum Gasteiger partial charge on any atom is -0.466 e. The zero-order valence-corrected chi connectivity index (χ0v) is 44.9. The van der Waals surface area contributed by atoms with Crippen LogP contribution in [-0.2, 0) is 14.3 Å². The molecule has 0 spiro atoms. The van der Waals surface area contributed by atoms with Gasteiger partial charge in [0.2, 0.25) is 5.91 Å². The quantitative estimate of drug-likeness (QED) is 0.0321. The molecule has 2 unspecified atom stereocenters. The van der Waals surface area contributed by atoms with Crippen molar-refractivity contribution in [3.05, 3.63) is 36.5 Å². The Labute approximate surface area is 417 Å². The maximum atomic E-state index is 12.5. The lowest BCUT2D eigenvalue weighted by atomic mass is 10.0. The molecular weight excluding hydrogens is 827 g/mol. The van der Waals surface area contributed by atoms with Gasteiger partial charge in [-0.3, -0.25) is 9.59 Å². The summed E-state index contributed by atoms with van der Waals surface area (Å²) in [4.78, 5) is 24.5. The van der Waals surface area contributed by atoms with Crippen LogP contribution in [0.3, 0.4) is 0 Å². The van der Waals surface area contributed by atoms with Crippen molar-refractivity contribution in [2.45, 2.75) is 328 Å². The number of nitrogens with one attached hydrogen (secondary N) is 1. The molecule has 2 atom stereocenters. The number of aliphatic hydroxyl groups is 2. The first-order valence-electron chi connectivity index (χ1n) is 29.8. The van der Waals surface area contributed by atoms with E-state index in [0.717, 1.165) is 51.4 Å². The molecule has 3 N–H and O–H groups in total. The number of carbonyl (C=O) groups excluding carboxylic acids is 2. The Morgan fingerprint density at radius 1 is 0.403 bits per heavy atom. The summed E-state index contributed by atoms with van der Waals surface area (Å²) in [7, 11) is 0. The van der Waals surface area contributed by atoms with E-state index >= 15 is 0 Å². The van der Waals surface area contributed by atoms with Gasteiger partial charge >= 0.3 is 5.97 Å². The van der Waals surface area contributed by atoms with Crippen LogP contribution in [0.5, 0.6) is 0 Å². The number of aliphatic hydroxyl groups excluding tert-OH is 2. The lowest BCUT2D eigenvalue weighted by Gasteiger charge is -2.20. The maximum Gasteiger partial charge on any atom is 0.305 e. The van der Waals surface area contributed by atoms with Gasteiger partial charge < -0.3 is 20.3 Å². The molecule has 0 heterocycles. The monoisotopic (exact) mass is 942 g/mol. The van der Waals surface area contributed by atoms with Gasteiger partial charge in [0.15, 0.2) is 0 Å². The number of amides is 1. The first kappa shape index (κ1) is 65.1. The van der Waals surface area contributed by atoms with Crippen molar-refractivity contribution in [1.82, 2.24) is 5.32 Å². The van der Waals surface area contributed by atoms with Gasteiger partial charge in [-0.2, -0.15) is 0 Å². The van der Waals surface area contributed by atoms with Gasteiger partial charge in [-0.05, 0) is 83.5 Å². The molecule has 0 saturated heterocycles. The molecule has 0 aromatic carbocycles. The molecule has 0 aromatic rings. The van der Waals surface area contributed by atoms with Crippen molar-refractivity contribution in [1.29, 1.82) is 0 Å². The highest BCUT2D eigenvalue weighted by atomic mass is 16.5. The zero-order valence-electron chi connectivity index (χ0n) is 44.9. The summed E-state index contributed by atoms with van der Waals surface area (Å²) in [6.07, 6.45) is 70.3. The SMILES string of the molecule is CCCCC/C=C\CCCCCCCC(=O)OCCCCCCCCCCCC/C=C\CCCCCCCCCC(=O)NC(CO)C(O)/C=C/CCCCCCCCCCCCCCCCC. The summed E-state index contributed by atoms with van der Waals surface area (Å²) >= 11 is 0. The van der Waals surface area contributed by atoms with E-state index in [9.17, 15) is 19.8 Å². The maximum absolute atomic E-state index is 12.5. The lowest BCUT2D eigenvalue weighted by Crippen LogP contribution is -2.45. The molecule has 1 amide bonds. The number of allylic oxidation sites excluding steroid dienone is 5. The average Bonchev–Trinajstić information content (AvgIpc) is 3.33. The third kappa shape index (κ3) is 53.3. The molecule has 0 bridgehead atoms. The number of hydrogen-bond donors (Lipinski definition) is 3. The van der Waals surface area contributed by atoms with Gasteiger partial charge in [0.1, 0.15) is 0 Å². The third-order valence-electron chi connectivity index (χ3n) is 13.6. The average molecular weight is 943 g/mol. The molecule has 394 valence electrons. The fourth-order valence-electron chi connectivity index (χ4n) is 9.03. The van der Waals surface area contributed by atoms with Crippen LogP contribution in [-0.4, -0.2) is 47.4 Å². The Bertz CT molecular complexity index is 1090. The molecule has 0 aliphatic carbocycles. The summed E-state index contributed by atoms with van der Waals surface area (Å²) in [6, 6.07) is -0.634. The molecule has 67 heavy (non-hydrogen) atoms. The van der Waals surface area contributed by atoms with Crippen LogP contribution in [0.4, 0.5) is 0 Å². The smallest absolute Gasteiger partial charge is 0.305 e. The first-order valence-corrected chi connectivity index (χ1v) is 29.8. The van der Waals surface area contributed by atoms with Crippen molar-refractivity contribution in [2.24, 2.45) is 0 Å². The Kier molecular flexibility index (Phi) is 55.0. The second-order valence-corrected chi connectivity index (χ2v) is 20.3. The summed E-state index contributed by atoms with van der Waals surface area (Å²) < 4.78 is 5.46. The summed E-state index contributed by atoms with van der Waals surface area (Å²) in [6.45, 7) is 4.88. The molecular formula is C61H115NO5. The highest BCUT2D eigenvalue weighted by molar-refractivity contribution is 5.76. The lowest BCUT2D eigenvalue weighted by molar-refractivity contribution is -0.143. The Balaban J connectivity index is 3.47. The fraction of sp³-hybridized carbons (Fsp3) is 0.869. The molecule has 0 aromatic heterocycles. The largest absolute Gasteiger partial charge is 0.466 e. The second-order valence-electron chi connectivity index (χ2n) is 20.3. The van der Waals surface area contributed by atoms with E-state index in [4.69, 9.17) is 4.74 Å². The van der Waals surface area contributed by atoms with Crippen LogP contribution >= 0.6 is 0 Å². The topological polar surface area (TPSA) is 95.9 Å². The van der Waals surface area contributed by atoms with E-state index < -0.39 is 12.1 Å². The highest BCUT2D eigenvalue weighted by Gasteiger charge is 2.18. The fourth-order valence-corrected chi connectivity index (χ4v) is 9.03. The summed E-state index contributed by atoms with van der Waals surface area (Å²) in [5.41, 5.74) is 0. The van der Waals surface area contributed by atoms with E-state index in [1.807, 2.05) is 6.08 Å². The van der Waals surface area contributed by atoms with Crippen molar-refractivity contribution in [3.63, 3.8) is 0 Å². The van der Waals surface area contributed by atoms with Crippen LogP contribution in [0.15, 0.2) is 36.5 Å². The molecule has 6 heteroatoms. The van der Waals surface area contributed by atoms with E-state index in [1.165, 1.54) is 238 Å². The summed E-state index contributed by atoms with van der Waals surface area (Å²) in [5, 5.41) is 23.1. The van der Waals surface area contributed by atoms with Crippen molar-refractivity contribution in [3.8, 4) is 0 Å². The molecule has 0 rings (SSSR count). The zero-order chi connectivity index (χ0) is 48.6. The number of esters is 1. The van der Waals surface area contributed by atoms with E-state index in [1.54, 1.807) is 6.08 Å². The minimum atomic E-state index is -0.850. The van der Waals surface area contributed by atoms with Gasteiger partial charge in [0.25, 0.3) is 0 Å². The number of carbonyl (C=O) groups is 2. The highest BCUT2D eigenvalue weighted by Crippen LogP contribution is 2.16. The normalized spacial score (nSPS) is 12.8. The van der Waals surface area contributed by atoms with Crippen LogP contribution in [0.1, 0.15) is 316 Å². The molecule has 0 aliphatic rings. The van der Waals surface area contributed by atoms with E-state index in [-0.39, 0.29) is 18.5 Å². The van der Waals surface area contributed by atoms with E-state index in [0.29, 0.717) is 19.4 Å². The van der Waals surface area contributed by atoms with Crippen LogP contribution < -0.4 is 5.32 Å². The Morgan fingerprint density at radius 2 is 0.701 bits per heavy atom. The van der Waals surface area contributed by atoms with Gasteiger partial charge in [-0.25, -0.2) is 0 Å². The van der Waals surface area contributed by atoms with Crippen molar-refractivity contribution >= 4 is 11.9 Å². The Morgan fingerprint density at radius 3 is 1.09 bits per heavy atom. The standard InChI is InChI=1S/C61H115NO5/c1-3-5-7-9-11-13-15-17-18-24-27-30-33-37-41-45-49-53-59(64)58(57-63)62-60(65)54-50-46-42-38-34-31-28-25-22-20-19-21-23-26-29-32-36-40-44-48-52-56-67-61(66)55-51-47-43-39-35-16-14-12-10-8-6-4-2/h12,14,20,22,49,53,58-59,63-64H,3-11,13,15-19,21,23-48,50-52,54-57H2,1-2H3,(H,62,65)/b14-12-,22-20-,53-49+. The van der Waals surface area contributed by atoms with Crippen molar-refractivity contribution in [2.75, 3.05) is 13.2 Å². The molecule has 0 saturated carbocycles. The number of unbranched alkanes of at least 4 members (excludes halogenated alkanes) is 40. The predicted molar refractivity (Wildman–Crippen MR) is 292 cm³/mol. The molecule has 6 nitrogen and oxygen atoms in total. The van der Waals surface area contributed by atoms with Crippen LogP contribution in [0, 0.1) is 0 Å². The van der Waals surface area contributed by atoms with Crippen molar-refractivity contribution < 1.29 is 24.5 Å². The number of hydrogen-bond acceptors (Lipinski definition) is 5.